The Morgan fingerprint density at radius 2 is 1.56 bits per heavy atom. The van der Waals surface area contributed by atoms with Crippen LogP contribution >= 0.6 is 0 Å². The van der Waals surface area contributed by atoms with Crippen molar-refractivity contribution in [1.29, 1.82) is 0 Å². The molecule has 0 radical (unpaired) electrons. The minimum Gasteiger partial charge on any atom is -0.372 e. The molecular weight excluding hydrogens is 220 g/mol. The van der Waals surface area contributed by atoms with E-state index in [-0.39, 0.29) is 11.5 Å². The van der Waals surface area contributed by atoms with Gasteiger partial charge in [-0.05, 0) is 43.4 Å². The number of hydrogen-bond acceptors (Lipinski definition) is 2. The maximum atomic E-state index is 6.22. The summed E-state index contributed by atoms with van der Waals surface area (Å²) in [6, 6.07) is 9.03. The average molecular weight is 248 g/mol. The first-order valence-corrected chi connectivity index (χ1v) is 6.98. The summed E-state index contributed by atoms with van der Waals surface area (Å²) in [5.41, 5.74) is 9.01. The molecule has 0 saturated carbocycles. The van der Waals surface area contributed by atoms with E-state index < -0.39 is 0 Å². The number of benzene rings is 1. The number of nitrogens with two attached hydrogens (primary N) is 1. The van der Waals surface area contributed by atoms with E-state index in [1.165, 1.54) is 11.3 Å². The maximum Gasteiger partial charge on any atom is 0.0366 e. The first-order chi connectivity index (χ1) is 8.38. The number of rotatable bonds is 5. The quantitative estimate of drug-likeness (QED) is 0.865. The van der Waals surface area contributed by atoms with Crippen LogP contribution in [0.3, 0.4) is 0 Å². The van der Waals surface area contributed by atoms with Crippen molar-refractivity contribution in [2.75, 3.05) is 18.0 Å². The van der Waals surface area contributed by atoms with E-state index in [9.17, 15) is 0 Å². The first kappa shape index (κ1) is 15.0. The third kappa shape index (κ3) is 4.02. The monoisotopic (exact) mass is 248 g/mol. The summed E-state index contributed by atoms with van der Waals surface area (Å²) >= 11 is 0. The fourth-order valence-electron chi connectivity index (χ4n) is 1.99. The molecule has 18 heavy (non-hydrogen) atoms. The lowest BCUT2D eigenvalue weighted by molar-refractivity contribution is 0.318. The molecule has 102 valence electrons. The van der Waals surface area contributed by atoms with Crippen molar-refractivity contribution in [1.82, 2.24) is 0 Å². The van der Waals surface area contributed by atoms with Crippen molar-refractivity contribution in [3.63, 3.8) is 0 Å². The molecule has 1 unspecified atom stereocenters. The lowest BCUT2D eigenvalue weighted by Gasteiger charge is -2.27. The lowest BCUT2D eigenvalue weighted by atomic mass is 9.84. The van der Waals surface area contributed by atoms with Crippen LogP contribution in [0.5, 0.6) is 0 Å². The highest BCUT2D eigenvalue weighted by Crippen LogP contribution is 2.22. The molecule has 0 aliphatic heterocycles. The van der Waals surface area contributed by atoms with Crippen LogP contribution in [0.25, 0.3) is 0 Å². The van der Waals surface area contributed by atoms with E-state index in [0.29, 0.717) is 0 Å². The van der Waals surface area contributed by atoms with E-state index in [1.54, 1.807) is 0 Å². The van der Waals surface area contributed by atoms with Gasteiger partial charge in [0.2, 0.25) is 0 Å². The fraction of sp³-hybridized carbons (Fsp3) is 0.625. The van der Waals surface area contributed by atoms with Gasteiger partial charge in [-0.1, -0.05) is 32.9 Å². The Kier molecular flexibility index (Phi) is 5.21. The Bertz CT molecular complexity index is 344. The summed E-state index contributed by atoms with van der Waals surface area (Å²) in [4.78, 5) is 2.35. The van der Waals surface area contributed by atoms with Gasteiger partial charge >= 0.3 is 0 Å². The highest BCUT2D eigenvalue weighted by atomic mass is 15.1. The van der Waals surface area contributed by atoms with Gasteiger partial charge in [-0.3, -0.25) is 0 Å². The van der Waals surface area contributed by atoms with Gasteiger partial charge in [0.05, 0.1) is 0 Å². The predicted molar refractivity (Wildman–Crippen MR) is 81.1 cm³/mol. The van der Waals surface area contributed by atoms with E-state index in [2.05, 4.69) is 63.8 Å². The molecule has 0 aliphatic carbocycles. The van der Waals surface area contributed by atoms with Gasteiger partial charge in [0, 0.05) is 24.8 Å². The molecule has 1 aromatic rings. The third-order valence-electron chi connectivity index (χ3n) is 3.63. The molecule has 0 aliphatic rings. The average Bonchev–Trinajstić information content (AvgIpc) is 2.31. The van der Waals surface area contributed by atoms with Crippen LogP contribution in [0.15, 0.2) is 24.3 Å². The Balaban J connectivity index is 2.71. The van der Waals surface area contributed by atoms with Crippen molar-refractivity contribution in [2.24, 2.45) is 11.1 Å². The standard InChI is InChI=1S/C16H28N2/c1-6-18(7-2)14-10-8-13(9-11-14)12-15(17)16(3,4)5/h8-11,15H,6-7,12,17H2,1-5H3. The van der Waals surface area contributed by atoms with Crippen LogP contribution in [-0.4, -0.2) is 19.1 Å². The minimum atomic E-state index is 0.164. The smallest absolute Gasteiger partial charge is 0.0366 e. The van der Waals surface area contributed by atoms with Gasteiger partial charge in [0.25, 0.3) is 0 Å². The van der Waals surface area contributed by atoms with Gasteiger partial charge in [0.1, 0.15) is 0 Å². The van der Waals surface area contributed by atoms with Crippen LogP contribution < -0.4 is 10.6 Å². The second kappa shape index (κ2) is 6.24. The zero-order valence-corrected chi connectivity index (χ0v) is 12.5. The Morgan fingerprint density at radius 3 is 1.94 bits per heavy atom. The summed E-state index contributed by atoms with van der Waals surface area (Å²) in [6.07, 6.45) is 0.946. The van der Waals surface area contributed by atoms with Crippen LogP contribution in [-0.2, 0) is 6.42 Å². The molecule has 0 bridgehead atoms. The van der Waals surface area contributed by atoms with Crippen LogP contribution in [0.1, 0.15) is 40.2 Å². The summed E-state index contributed by atoms with van der Waals surface area (Å²) < 4.78 is 0. The van der Waals surface area contributed by atoms with Gasteiger partial charge in [-0.25, -0.2) is 0 Å². The SMILES string of the molecule is CCN(CC)c1ccc(CC(N)C(C)(C)C)cc1. The Hall–Kier alpha value is -1.02. The highest BCUT2D eigenvalue weighted by Gasteiger charge is 2.20. The van der Waals surface area contributed by atoms with E-state index in [1.807, 2.05) is 0 Å². The first-order valence-electron chi connectivity index (χ1n) is 6.98. The fourth-order valence-corrected chi connectivity index (χ4v) is 1.99. The summed E-state index contributed by atoms with van der Waals surface area (Å²) in [5, 5.41) is 0. The van der Waals surface area contributed by atoms with E-state index in [0.717, 1.165) is 19.5 Å². The summed E-state index contributed by atoms with van der Waals surface area (Å²) in [6.45, 7) is 13.1. The normalized spacial score (nSPS) is 13.4. The van der Waals surface area contributed by atoms with Crippen molar-refractivity contribution < 1.29 is 0 Å². The van der Waals surface area contributed by atoms with Crippen LogP contribution in [0.4, 0.5) is 5.69 Å². The van der Waals surface area contributed by atoms with Crippen LogP contribution in [0.2, 0.25) is 0 Å². The van der Waals surface area contributed by atoms with Crippen molar-refractivity contribution in [3.05, 3.63) is 29.8 Å². The molecule has 2 N–H and O–H groups in total. The van der Waals surface area contributed by atoms with Gasteiger partial charge < -0.3 is 10.6 Å². The zero-order valence-electron chi connectivity index (χ0n) is 12.5. The molecule has 0 amide bonds. The number of anilines is 1. The molecule has 0 aromatic heterocycles. The molecule has 0 heterocycles. The van der Waals surface area contributed by atoms with Gasteiger partial charge in [0.15, 0.2) is 0 Å². The molecule has 1 rings (SSSR count). The largest absolute Gasteiger partial charge is 0.372 e. The van der Waals surface area contributed by atoms with Crippen LogP contribution in [0, 0.1) is 5.41 Å². The molecular formula is C16H28N2. The number of hydrogen-bond donors (Lipinski definition) is 1. The Labute approximate surface area is 112 Å². The lowest BCUT2D eigenvalue weighted by Crippen LogP contribution is -2.36. The second-order valence-corrected chi connectivity index (χ2v) is 6.02. The van der Waals surface area contributed by atoms with E-state index in [4.69, 9.17) is 5.73 Å². The summed E-state index contributed by atoms with van der Waals surface area (Å²) in [5.74, 6) is 0. The molecule has 1 aromatic carbocycles. The Morgan fingerprint density at radius 1 is 1.06 bits per heavy atom. The topological polar surface area (TPSA) is 29.3 Å². The van der Waals surface area contributed by atoms with E-state index >= 15 is 0 Å². The van der Waals surface area contributed by atoms with Crippen molar-refractivity contribution in [3.8, 4) is 0 Å². The molecule has 2 nitrogen and oxygen atoms in total. The third-order valence-corrected chi connectivity index (χ3v) is 3.63. The molecule has 0 spiro atoms. The predicted octanol–water partition coefficient (Wildman–Crippen LogP) is 3.45. The molecule has 0 fully saturated rings. The summed E-state index contributed by atoms with van der Waals surface area (Å²) in [7, 11) is 0. The molecule has 0 saturated heterocycles. The maximum absolute atomic E-state index is 6.22. The molecule has 2 heteroatoms. The van der Waals surface area contributed by atoms with Crippen molar-refractivity contribution >= 4 is 5.69 Å². The highest BCUT2D eigenvalue weighted by molar-refractivity contribution is 5.47. The zero-order chi connectivity index (χ0) is 13.8. The van der Waals surface area contributed by atoms with Gasteiger partial charge in [-0.15, -0.1) is 0 Å². The van der Waals surface area contributed by atoms with Gasteiger partial charge in [-0.2, -0.15) is 0 Å². The second-order valence-electron chi connectivity index (χ2n) is 6.02. The molecule has 1 atom stereocenters. The van der Waals surface area contributed by atoms with Crippen molar-refractivity contribution in [2.45, 2.75) is 47.1 Å². The minimum absolute atomic E-state index is 0.164. The number of nitrogens with zero attached hydrogens (tertiary/aromatic N) is 1.